The van der Waals surface area contributed by atoms with Crippen LogP contribution in [0.1, 0.15) is 12.7 Å². The molecule has 1 aliphatic rings. The Kier molecular flexibility index (Phi) is 3.80. The van der Waals surface area contributed by atoms with Crippen LogP contribution in [-0.4, -0.2) is 26.2 Å². The van der Waals surface area contributed by atoms with Crippen molar-refractivity contribution in [3.8, 4) is 0 Å². The molecule has 84 valence electrons. The fraction of sp³-hybridized carbons (Fsp3) is 0.667. The smallest absolute Gasteiger partial charge is 0.105 e. The molecule has 0 aliphatic carbocycles. The molecule has 0 radical (unpaired) electrons. The summed E-state index contributed by atoms with van der Waals surface area (Å²) in [5, 5.41) is 6.91. The quantitative estimate of drug-likeness (QED) is 0.715. The van der Waals surface area contributed by atoms with Crippen molar-refractivity contribution in [3.63, 3.8) is 0 Å². The lowest BCUT2D eigenvalue weighted by Gasteiger charge is -2.14. The van der Waals surface area contributed by atoms with Crippen molar-refractivity contribution in [1.29, 1.82) is 0 Å². The van der Waals surface area contributed by atoms with E-state index < -0.39 is 0 Å². The first kappa shape index (κ1) is 10.7. The van der Waals surface area contributed by atoms with E-state index >= 15 is 0 Å². The Bertz CT molecular complexity index is 271. The summed E-state index contributed by atoms with van der Waals surface area (Å²) in [4.78, 5) is 0. The second-order valence-electron chi connectivity index (χ2n) is 4.43. The second-order valence-corrected chi connectivity index (χ2v) is 4.43. The summed E-state index contributed by atoms with van der Waals surface area (Å²) in [5.41, 5.74) is 0. The van der Waals surface area contributed by atoms with Crippen LogP contribution >= 0.6 is 0 Å². The highest BCUT2D eigenvalue weighted by molar-refractivity contribution is 4.98. The van der Waals surface area contributed by atoms with Crippen LogP contribution in [0.15, 0.2) is 22.8 Å². The Morgan fingerprint density at radius 1 is 1.53 bits per heavy atom. The summed E-state index contributed by atoms with van der Waals surface area (Å²) in [6, 6.07) is 3.97. The summed E-state index contributed by atoms with van der Waals surface area (Å²) in [7, 11) is 0. The van der Waals surface area contributed by atoms with Crippen LogP contribution in [0.4, 0.5) is 0 Å². The van der Waals surface area contributed by atoms with Crippen molar-refractivity contribution in [1.82, 2.24) is 10.6 Å². The highest BCUT2D eigenvalue weighted by Crippen LogP contribution is 2.14. The van der Waals surface area contributed by atoms with Gasteiger partial charge in [0.05, 0.1) is 6.26 Å². The van der Waals surface area contributed by atoms with Crippen molar-refractivity contribution in [2.45, 2.75) is 13.3 Å². The zero-order valence-electron chi connectivity index (χ0n) is 9.33. The summed E-state index contributed by atoms with van der Waals surface area (Å²) in [6.45, 7) is 6.78. The Morgan fingerprint density at radius 2 is 2.47 bits per heavy atom. The van der Waals surface area contributed by atoms with Gasteiger partial charge in [-0.1, -0.05) is 6.92 Å². The van der Waals surface area contributed by atoms with Gasteiger partial charge in [0.1, 0.15) is 5.76 Å². The lowest BCUT2D eigenvalue weighted by atomic mass is 9.98. The number of nitrogens with one attached hydrogen (secondary N) is 2. The van der Waals surface area contributed by atoms with Gasteiger partial charge in [0.15, 0.2) is 0 Å². The van der Waals surface area contributed by atoms with Crippen molar-refractivity contribution < 1.29 is 4.42 Å². The van der Waals surface area contributed by atoms with Gasteiger partial charge in [0.25, 0.3) is 0 Å². The summed E-state index contributed by atoms with van der Waals surface area (Å²) in [5.74, 6) is 2.67. The average Bonchev–Trinajstić information content (AvgIpc) is 2.85. The van der Waals surface area contributed by atoms with E-state index in [1.807, 2.05) is 12.1 Å². The Hall–Kier alpha value is -0.800. The van der Waals surface area contributed by atoms with E-state index in [4.69, 9.17) is 4.42 Å². The predicted molar refractivity (Wildman–Crippen MR) is 60.8 cm³/mol. The topological polar surface area (TPSA) is 37.2 Å². The standard InChI is InChI=1S/C12H20N2O/c1-10-7-14-9-11(10)8-13-5-4-12-3-2-6-15-12/h2-3,6,10-11,13-14H,4-5,7-9H2,1H3/t10-,11-/m1/s1. The van der Waals surface area contributed by atoms with Gasteiger partial charge in [-0.15, -0.1) is 0 Å². The number of rotatable bonds is 5. The van der Waals surface area contributed by atoms with E-state index in [0.29, 0.717) is 0 Å². The minimum absolute atomic E-state index is 0.793. The SMILES string of the molecule is C[C@@H]1CNC[C@H]1CNCCc1ccco1. The van der Waals surface area contributed by atoms with Crippen molar-refractivity contribution >= 4 is 0 Å². The zero-order chi connectivity index (χ0) is 10.5. The van der Waals surface area contributed by atoms with Gasteiger partial charge in [-0.25, -0.2) is 0 Å². The maximum Gasteiger partial charge on any atom is 0.105 e. The molecule has 15 heavy (non-hydrogen) atoms. The number of furan rings is 1. The van der Waals surface area contributed by atoms with Gasteiger partial charge in [-0.2, -0.15) is 0 Å². The highest BCUT2D eigenvalue weighted by atomic mass is 16.3. The molecule has 1 fully saturated rings. The molecule has 0 unspecified atom stereocenters. The lowest BCUT2D eigenvalue weighted by molar-refractivity contribution is 0.416. The largest absolute Gasteiger partial charge is 0.469 e. The van der Waals surface area contributed by atoms with Crippen LogP contribution in [0.25, 0.3) is 0 Å². The van der Waals surface area contributed by atoms with Gasteiger partial charge >= 0.3 is 0 Å². The summed E-state index contributed by atoms with van der Waals surface area (Å²) >= 11 is 0. The van der Waals surface area contributed by atoms with Crippen LogP contribution in [-0.2, 0) is 6.42 Å². The van der Waals surface area contributed by atoms with Crippen LogP contribution in [0, 0.1) is 11.8 Å². The molecule has 3 nitrogen and oxygen atoms in total. The zero-order valence-corrected chi connectivity index (χ0v) is 9.33. The molecule has 0 saturated carbocycles. The van der Waals surface area contributed by atoms with Crippen LogP contribution < -0.4 is 10.6 Å². The average molecular weight is 208 g/mol. The van der Waals surface area contributed by atoms with Gasteiger partial charge in [0, 0.05) is 13.0 Å². The first-order chi connectivity index (χ1) is 7.36. The van der Waals surface area contributed by atoms with Crippen molar-refractivity contribution in [2.75, 3.05) is 26.2 Å². The third-order valence-electron chi connectivity index (χ3n) is 3.21. The molecule has 2 rings (SSSR count). The molecule has 0 bridgehead atoms. The molecule has 0 amide bonds. The molecular weight excluding hydrogens is 188 g/mol. The summed E-state index contributed by atoms with van der Waals surface area (Å²) in [6.07, 6.45) is 2.72. The van der Waals surface area contributed by atoms with Gasteiger partial charge < -0.3 is 15.1 Å². The fourth-order valence-corrected chi connectivity index (χ4v) is 2.09. The third-order valence-corrected chi connectivity index (χ3v) is 3.21. The Labute approximate surface area is 91.2 Å². The molecule has 1 aliphatic heterocycles. The van der Waals surface area contributed by atoms with E-state index in [-0.39, 0.29) is 0 Å². The van der Waals surface area contributed by atoms with Gasteiger partial charge in [0.2, 0.25) is 0 Å². The maximum atomic E-state index is 5.27. The molecule has 2 N–H and O–H groups in total. The van der Waals surface area contributed by atoms with Crippen LogP contribution in [0.3, 0.4) is 0 Å². The lowest BCUT2D eigenvalue weighted by Crippen LogP contribution is -2.28. The highest BCUT2D eigenvalue weighted by Gasteiger charge is 2.21. The van der Waals surface area contributed by atoms with Crippen molar-refractivity contribution in [2.24, 2.45) is 11.8 Å². The fourth-order valence-electron chi connectivity index (χ4n) is 2.09. The molecule has 1 aromatic heterocycles. The predicted octanol–water partition coefficient (Wildman–Crippen LogP) is 1.27. The first-order valence-electron chi connectivity index (χ1n) is 5.80. The van der Waals surface area contributed by atoms with Crippen LogP contribution in [0.5, 0.6) is 0 Å². The van der Waals surface area contributed by atoms with Gasteiger partial charge in [-0.05, 0) is 43.6 Å². The Balaban J connectivity index is 1.59. The molecule has 0 spiro atoms. The maximum absolute atomic E-state index is 5.27. The molecule has 3 heteroatoms. The minimum atomic E-state index is 0.793. The van der Waals surface area contributed by atoms with Crippen molar-refractivity contribution in [3.05, 3.63) is 24.2 Å². The molecule has 2 heterocycles. The molecule has 1 aromatic rings. The van der Waals surface area contributed by atoms with E-state index in [1.54, 1.807) is 6.26 Å². The van der Waals surface area contributed by atoms with E-state index in [9.17, 15) is 0 Å². The number of hydrogen-bond acceptors (Lipinski definition) is 3. The summed E-state index contributed by atoms with van der Waals surface area (Å²) < 4.78 is 5.27. The third kappa shape index (κ3) is 3.08. The first-order valence-corrected chi connectivity index (χ1v) is 5.80. The Morgan fingerprint density at radius 3 is 3.13 bits per heavy atom. The molecule has 1 saturated heterocycles. The normalized spacial score (nSPS) is 25.9. The molecule has 2 atom stereocenters. The van der Waals surface area contributed by atoms with Gasteiger partial charge in [-0.3, -0.25) is 0 Å². The number of hydrogen-bond donors (Lipinski definition) is 2. The monoisotopic (exact) mass is 208 g/mol. The van der Waals surface area contributed by atoms with E-state index in [2.05, 4.69) is 17.6 Å². The van der Waals surface area contributed by atoms with Crippen LogP contribution in [0.2, 0.25) is 0 Å². The van der Waals surface area contributed by atoms with E-state index in [0.717, 1.165) is 43.7 Å². The van der Waals surface area contributed by atoms with E-state index in [1.165, 1.54) is 6.54 Å². The second kappa shape index (κ2) is 5.33. The minimum Gasteiger partial charge on any atom is -0.469 e. The molecular formula is C12H20N2O. The molecule has 0 aromatic carbocycles.